The predicted octanol–water partition coefficient (Wildman–Crippen LogP) is 2.94. The van der Waals surface area contributed by atoms with Crippen LogP contribution >= 0.6 is 0 Å². The molecule has 0 bridgehead atoms. The Balaban J connectivity index is 2.39. The number of benzene rings is 1. The number of carbonyl (C=O) groups excluding carboxylic acids is 1. The van der Waals surface area contributed by atoms with Crippen LogP contribution in [0.25, 0.3) is 0 Å². The second kappa shape index (κ2) is 8.32. The van der Waals surface area contributed by atoms with Crippen molar-refractivity contribution in [2.45, 2.75) is 39.3 Å². The summed E-state index contributed by atoms with van der Waals surface area (Å²) < 4.78 is 5.15. The van der Waals surface area contributed by atoms with Crippen molar-refractivity contribution in [3.8, 4) is 0 Å². The first-order chi connectivity index (χ1) is 9.11. The second-order valence-electron chi connectivity index (χ2n) is 4.48. The smallest absolute Gasteiger partial charge is 0.411 e. The average Bonchev–Trinajstić information content (AvgIpc) is 2.42. The van der Waals surface area contributed by atoms with Gasteiger partial charge in [-0.25, -0.2) is 4.79 Å². The van der Waals surface area contributed by atoms with E-state index in [0.29, 0.717) is 0 Å². The summed E-state index contributed by atoms with van der Waals surface area (Å²) in [5.74, 6) is 0. The lowest BCUT2D eigenvalue weighted by Crippen LogP contribution is -2.24. The van der Waals surface area contributed by atoms with E-state index in [1.54, 1.807) is 0 Å². The Morgan fingerprint density at radius 1 is 1.42 bits per heavy atom. The number of allylic oxidation sites excluding steroid dienone is 1. The average molecular weight is 262 g/mol. The van der Waals surface area contributed by atoms with Gasteiger partial charge in [0.05, 0.1) is 0 Å². The number of nitrogens with one attached hydrogen (secondary N) is 1. The van der Waals surface area contributed by atoms with E-state index in [9.17, 15) is 4.79 Å². The minimum absolute atomic E-state index is 0.0867. The lowest BCUT2D eigenvalue weighted by atomic mass is 10.2. The molecular formula is C15H22N2O2. The first-order valence-electron chi connectivity index (χ1n) is 6.54. The number of alkyl carbamates (subject to hydrolysis) is 1. The van der Waals surface area contributed by atoms with Gasteiger partial charge in [-0.1, -0.05) is 43.3 Å². The highest BCUT2D eigenvalue weighted by Gasteiger charge is 2.04. The normalized spacial score (nSPS) is 12.9. The number of ether oxygens (including phenoxy) is 1. The van der Waals surface area contributed by atoms with Gasteiger partial charge in [-0.3, -0.25) is 5.32 Å². The third-order valence-electron chi connectivity index (χ3n) is 2.59. The Hall–Kier alpha value is -1.81. The summed E-state index contributed by atoms with van der Waals surface area (Å²) in [5.41, 5.74) is 7.48. The molecule has 1 aromatic carbocycles. The molecule has 0 aliphatic heterocycles. The summed E-state index contributed by atoms with van der Waals surface area (Å²) in [6.07, 6.45) is 2.99. The Kier molecular flexibility index (Phi) is 6.68. The van der Waals surface area contributed by atoms with Crippen LogP contribution in [0.15, 0.2) is 42.1 Å². The Labute approximate surface area is 114 Å². The predicted molar refractivity (Wildman–Crippen MR) is 76.4 cm³/mol. The molecule has 0 aliphatic carbocycles. The van der Waals surface area contributed by atoms with Crippen LogP contribution in [0.5, 0.6) is 0 Å². The van der Waals surface area contributed by atoms with Gasteiger partial charge in [0.25, 0.3) is 0 Å². The van der Waals surface area contributed by atoms with E-state index < -0.39 is 6.09 Å². The van der Waals surface area contributed by atoms with Gasteiger partial charge >= 0.3 is 6.09 Å². The van der Waals surface area contributed by atoms with Gasteiger partial charge in [0, 0.05) is 11.7 Å². The van der Waals surface area contributed by atoms with Crippen LogP contribution in [0.2, 0.25) is 0 Å². The van der Waals surface area contributed by atoms with E-state index in [1.165, 1.54) is 0 Å². The van der Waals surface area contributed by atoms with Gasteiger partial charge in [0.1, 0.15) is 6.61 Å². The topological polar surface area (TPSA) is 64.3 Å². The van der Waals surface area contributed by atoms with E-state index >= 15 is 0 Å². The molecule has 0 saturated carbocycles. The summed E-state index contributed by atoms with van der Waals surface area (Å²) >= 11 is 0. The number of rotatable bonds is 6. The summed E-state index contributed by atoms with van der Waals surface area (Å²) in [5, 5.41) is 2.74. The van der Waals surface area contributed by atoms with Crippen LogP contribution < -0.4 is 11.1 Å². The van der Waals surface area contributed by atoms with E-state index in [2.05, 4.69) is 5.32 Å². The maximum atomic E-state index is 11.6. The maximum absolute atomic E-state index is 11.6. The van der Waals surface area contributed by atoms with Gasteiger partial charge in [-0.2, -0.15) is 0 Å². The fourth-order valence-corrected chi connectivity index (χ4v) is 1.50. The van der Waals surface area contributed by atoms with Gasteiger partial charge in [0.2, 0.25) is 0 Å². The van der Waals surface area contributed by atoms with Crippen LogP contribution in [0.1, 0.15) is 32.3 Å². The van der Waals surface area contributed by atoms with Gasteiger partial charge in [0.15, 0.2) is 0 Å². The van der Waals surface area contributed by atoms with Gasteiger partial charge in [-0.15, -0.1) is 0 Å². The molecule has 0 radical (unpaired) electrons. The molecule has 104 valence electrons. The maximum Gasteiger partial charge on any atom is 0.411 e. The van der Waals surface area contributed by atoms with Crippen molar-refractivity contribution in [2.75, 3.05) is 0 Å². The zero-order valence-electron chi connectivity index (χ0n) is 11.6. The summed E-state index contributed by atoms with van der Waals surface area (Å²) in [7, 11) is 0. The Morgan fingerprint density at radius 2 is 2.11 bits per heavy atom. The molecule has 0 saturated heterocycles. The molecule has 4 nitrogen and oxygen atoms in total. The van der Waals surface area contributed by atoms with Crippen molar-refractivity contribution in [2.24, 2.45) is 5.73 Å². The third-order valence-corrected chi connectivity index (χ3v) is 2.59. The van der Waals surface area contributed by atoms with Crippen molar-refractivity contribution >= 4 is 6.09 Å². The first kappa shape index (κ1) is 15.2. The second-order valence-corrected chi connectivity index (χ2v) is 4.48. The highest BCUT2D eigenvalue weighted by atomic mass is 16.5. The molecule has 3 N–H and O–H groups in total. The number of hydrogen-bond donors (Lipinski definition) is 2. The van der Waals surface area contributed by atoms with Crippen molar-refractivity contribution in [1.29, 1.82) is 0 Å². The van der Waals surface area contributed by atoms with E-state index in [0.717, 1.165) is 24.1 Å². The molecule has 0 heterocycles. The van der Waals surface area contributed by atoms with Crippen LogP contribution in [-0.4, -0.2) is 12.1 Å². The molecule has 1 amide bonds. The fourth-order valence-electron chi connectivity index (χ4n) is 1.50. The summed E-state index contributed by atoms with van der Waals surface area (Å²) in [4.78, 5) is 11.6. The van der Waals surface area contributed by atoms with Crippen LogP contribution in [-0.2, 0) is 11.3 Å². The molecule has 1 aromatic rings. The Morgan fingerprint density at radius 3 is 2.68 bits per heavy atom. The van der Waals surface area contributed by atoms with Crippen molar-refractivity contribution in [1.82, 2.24) is 5.32 Å². The molecular weight excluding hydrogens is 240 g/mol. The highest BCUT2D eigenvalue weighted by molar-refractivity contribution is 5.69. The van der Waals surface area contributed by atoms with Gasteiger partial charge in [-0.05, 0) is 25.3 Å². The standard InChI is InChI=1S/C15H22N2O2/c1-3-14(10-9-12(2)16)17-15(18)19-11-13-7-5-4-6-8-13/h4-8,10,12H,3,9,11,16H2,1-2H3,(H,17,18)/b14-10+. The lowest BCUT2D eigenvalue weighted by Gasteiger charge is -2.10. The molecule has 0 aromatic heterocycles. The highest BCUT2D eigenvalue weighted by Crippen LogP contribution is 2.03. The molecule has 1 atom stereocenters. The van der Waals surface area contributed by atoms with Crippen LogP contribution in [0.4, 0.5) is 4.79 Å². The SMILES string of the molecule is CC/C(=C\CC(C)N)NC(=O)OCc1ccccc1. The van der Waals surface area contributed by atoms with Gasteiger partial charge < -0.3 is 10.5 Å². The van der Waals surface area contributed by atoms with Crippen molar-refractivity contribution in [3.05, 3.63) is 47.7 Å². The van der Waals surface area contributed by atoms with E-state index in [-0.39, 0.29) is 12.6 Å². The minimum atomic E-state index is -0.429. The monoisotopic (exact) mass is 262 g/mol. The van der Waals surface area contributed by atoms with Crippen LogP contribution in [0, 0.1) is 0 Å². The zero-order valence-corrected chi connectivity index (χ0v) is 11.6. The molecule has 19 heavy (non-hydrogen) atoms. The van der Waals surface area contributed by atoms with E-state index in [4.69, 9.17) is 10.5 Å². The molecule has 4 heteroatoms. The lowest BCUT2D eigenvalue weighted by molar-refractivity contribution is 0.142. The molecule has 0 spiro atoms. The third kappa shape index (κ3) is 6.62. The number of nitrogens with two attached hydrogens (primary N) is 1. The first-order valence-corrected chi connectivity index (χ1v) is 6.54. The Bertz CT molecular complexity index is 413. The van der Waals surface area contributed by atoms with Crippen LogP contribution in [0.3, 0.4) is 0 Å². The minimum Gasteiger partial charge on any atom is -0.444 e. The quantitative estimate of drug-likeness (QED) is 0.828. The molecule has 1 rings (SSSR count). The van der Waals surface area contributed by atoms with Crippen molar-refractivity contribution in [3.63, 3.8) is 0 Å². The largest absolute Gasteiger partial charge is 0.444 e. The fraction of sp³-hybridized carbons (Fsp3) is 0.400. The number of carbonyl (C=O) groups is 1. The molecule has 1 unspecified atom stereocenters. The number of hydrogen-bond acceptors (Lipinski definition) is 3. The molecule has 0 fully saturated rings. The molecule has 0 aliphatic rings. The van der Waals surface area contributed by atoms with Crippen molar-refractivity contribution < 1.29 is 9.53 Å². The van der Waals surface area contributed by atoms with E-state index in [1.807, 2.05) is 50.3 Å². The number of amides is 1. The summed E-state index contributed by atoms with van der Waals surface area (Å²) in [6.45, 7) is 4.18. The summed E-state index contributed by atoms with van der Waals surface area (Å²) in [6, 6.07) is 9.67. The zero-order chi connectivity index (χ0) is 14.1.